The lowest BCUT2D eigenvalue weighted by atomic mass is 10.1. The molecule has 1 aromatic rings. The molecule has 0 radical (unpaired) electrons. The van der Waals surface area contributed by atoms with Crippen molar-refractivity contribution < 1.29 is 9.72 Å². The van der Waals surface area contributed by atoms with Crippen LogP contribution in [-0.2, 0) is 11.2 Å². The van der Waals surface area contributed by atoms with Crippen molar-refractivity contribution in [2.45, 2.75) is 19.3 Å². The molecule has 1 saturated heterocycles. The Morgan fingerprint density at radius 2 is 2.08 bits per heavy atom. The highest BCUT2D eigenvalue weighted by atomic mass is 35.5. The summed E-state index contributed by atoms with van der Waals surface area (Å²) < 4.78 is 0. The van der Waals surface area contributed by atoms with E-state index in [1.54, 1.807) is 6.07 Å². The van der Waals surface area contributed by atoms with Crippen molar-refractivity contribution in [1.82, 2.24) is 15.5 Å². The molecule has 0 unspecified atom stereocenters. The summed E-state index contributed by atoms with van der Waals surface area (Å²) in [5.74, 6) is -0.00295. The quantitative estimate of drug-likeness (QED) is 0.417. The van der Waals surface area contributed by atoms with Gasteiger partial charge in [-0.25, -0.2) is 0 Å². The van der Waals surface area contributed by atoms with Crippen LogP contribution in [0.25, 0.3) is 0 Å². The summed E-state index contributed by atoms with van der Waals surface area (Å²) in [5.41, 5.74) is 0.883. The van der Waals surface area contributed by atoms with Crippen molar-refractivity contribution in [3.8, 4) is 0 Å². The number of carbonyl (C=O) groups is 1. The van der Waals surface area contributed by atoms with Crippen molar-refractivity contribution in [3.05, 3.63) is 39.9 Å². The standard InChI is InChI=1S/C16H24N4O3.ClH/c21-16(18-7-2-10-19-11-8-17-9-12-19)6-5-14-3-1-4-15(13-14)20(22)23;/h1,3-4,13,17H,2,5-12H2,(H,18,21);1H. The smallest absolute Gasteiger partial charge is 0.269 e. The van der Waals surface area contributed by atoms with Crippen LogP contribution in [0.4, 0.5) is 5.69 Å². The lowest BCUT2D eigenvalue weighted by molar-refractivity contribution is -0.384. The van der Waals surface area contributed by atoms with Gasteiger partial charge in [-0.15, -0.1) is 12.4 Å². The molecular weight excluding hydrogens is 332 g/mol. The minimum atomic E-state index is -0.417. The lowest BCUT2D eigenvalue weighted by Gasteiger charge is -2.27. The first-order valence-electron chi connectivity index (χ1n) is 8.08. The van der Waals surface area contributed by atoms with E-state index < -0.39 is 4.92 Å². The fraction of sp³-hybridized carbons (Fsp3) is 0.562. The first kappa shape index (κ1) is 20.3. The molecular formula is C16H25ClN4O3. The summed E-state index contributed by atoms with van der Waals surface area (Å²) in [6.45, 7) is 5.90. The van der Waals surface area contributed by atoms with Gasteiger partial charge in [-0.3, -0.25) is 14.9 Å². The number of carbonyl (C=O) groups excluding carboxylic acids is 1. The predicted molar refractivity (Wildman–Crippen MR) is 95.6 cm³/mol. The molecule has 8 heteroatoms. The van der Waals surface area contributed by atoms with Crippen LogP contribution in [0, 0.1) is 10.1 Å². The van der Waals surface area contributed by atoms with Crippen LogP contribution < -0.4 is 10.6 Å². The molecule has 1 aliphatic heterocycles. The Labute approximate surface area is 148 Å². The molecule has 2 rings (SSSR count). The van der Waals surface area contributed by atoms with E-state index in [9.17, 15) is 14.9 Å². The highest BCUT2D eigenvalue weighted by molar-refractivity contribution is 5.85. The summed E-state index contributed by atoms with van der Waals surface area (Å²) in [4.78, 5) is 24.5. The van der Waals surface area contributed by atoms with Gasteiger partial charge >= 0.3 is 0 Å². The summed E-state index contributed by atoms with van der Waals surface area (Å²) >= 11 is 0. The van der Waals surface area contributed by atoms with Crippen LogP contribution in [0.5, 0.6) is 0 Å². The molecule has 134 valence electrons. The SMILES string of the molecule is Cl.O=C(CCc1cccc([N+](=O)[O-])c1)NCCCN1CCNCC1. The minimum Gasteiger partial charge on any atom is -0.356 e. The maximum atomic E-state index is 11.8. The highest BCUT2D eigenvalue weighted by Crippen LogP contribution is 2.14. The number of nitrogens with one attached hydrogen (secondary N) is 2. The first-order valence-corrected chi connectivity index (χ1v) is 8.08. The number of halogens is 1. The third-order valence-corrected chi connectivity index (χ3v) is 3.95. The zero-order chi connectivity index (χ0) is 16.5. The van der Waals surface area contributed by atoms with Crippen molar-refractivity contribution >= 4 is 24.0 Å². The number of non-ortho nitro benzene ring substituents is 1. The largest absolute Gasteiger partial charge is 0.356 e. The number of amides is 1. The van der Waals surface area contributed by atoms with Gasteiger partial charge < -0.3 is 15.5 Å². The number of hydrogen-bond acceptors (Lipinski definition) is 5. The molecule has 0 aliphatic carbocycles. The van der Waals surface area contributed by atoms with E-state index in [1.807, 2.05) is 6.07 Å². The number of hydrogen-bond donors (Lipinski definition) is 2. The van der Waals surface area contributed by atoms with Crippen LogP contribution in [0.1, 0.15) is 18.4 Å². The number of benzene rings is 1. The van der Waals surface area contributed by atoms with Crippen molar-refractivity contribution in [2.24, 2.45) is 0 Å². The van der Waals surface area contributed by atoms with Crippen molar-refractivity contribution in [3.63, 3.8) is 0 Å². The van der Waals surface area contributed by atoms with Gasteiger partial charge in [-0.1, -0.05) is 12.1 Å². The van der Waals surface area contributed by atoms with Gasteiger partial charge in [0.05, 0.1) is 4.92 Å². The van der Waals surface area contributed by atoms with Gasteiger partial charge in [0, 0.05) is 51.3 Å². The van der Waals surface area contributed by atoms with Gasteiger partial charge in [-0.05, 0) is 24.9 Å². The molecule has 1 aliphatic rings. The second-order valence-electron chi connectivity index (χ2n) is 5.72. The topological polar surface area (TPSA) is 87.5 Å². The second kappa shape index (κ2) is 11.0. The average molecular weight is 357 g/mol. The van der Waals surface area contributed by atoms with E-state index in [4.69, 9.17) is 0 Å². The molecule has 0 atom stereocenters. The molecule has 0 bridgehead atoms. The Hall–Kier alpha value is -1.70. The summed E-state index contributed by atoms with van der Waals surface area (Å²) in [7, 11) is 0. The van der Waals surface area contributed by atoms with Crippen LogP contribution in [0.15, 0.2) is 24.3 Å². The number of nitro benzene ring substituents is 1. The van der Waals surface area contributed by atoms with Crippen LogP contribution >= 0.6 is 12.4 Å². The van der Waals surface area contributed by atoms with Crippen molar-refractivity contribution in [1.29, 1.82) is 0 Å². The Morgan fingerprint density at radius 1 is 1.33 bits per heavy atom. The lowest BCUT2D eigenvalue weighted by Crippen LogP contribution is -2.44. The molecule has 1 heterocycles. The second-order valence-corrected chi connectivity index (χ2v) is 5.72. The summed E-state index contributed by atoms with van der Waals surface area (Å²) in [5, 5.41) is 16.9. The minimum absolute atomic E-state index is 0. The monoisotopic (exact) mass is 356 g/mol. The molecule has 0 spiro atoms. The highest BCUT2D eigenvalue weighted by Gasteiger charge is 2.09. The molecule has 2 N–H and O–H groups in total. The normalized spacial score (nSPS) is 14.7. The van der Waals surface area contributed by atoms with Gasteiger partial charge in [-0.2, -0.15) is 0 Å². The van der Waals surface area contributed by atoms with E-state index in [2.05, 4.69) is 15.5 Å². The number of nitrogens with zero attached hydrogens (tertiary/aromatic N) is 2. The van der Waals surface area contributed by atoms with E-state index in [0.29, 0.717) is 19.4 Å². The summed E-state index contributed by atoms with van der Waals surface area (Å²) in [6.07, 6.45) is 1.82. The van der Waals surface area contributed by atoms with E-state index in [0.717, 1.165) is 44.7 Å². The molecule has 1 fully saturated rings. The first-order chi connectivity index (χ1) is 11.1. The van der Waals surface area contributed by atoms with Gasteiger partial charge in [0.15, 0.2) is 0 Å². The van der Waals surface area contributed by atoms with Crippen LogP contribution in [0.2, 0.25) is 0 Å². The average Bonchev–Trinajstić information content (AvgIpc) is 2.58. The van der Waals surface area contributed by atoms with E-state index in [-0.39, 0.29) is 24.0 Å². The molecule has 1 amide bonds. The van der Waals surface area contributed by atoms with Crippen LogP contribution in [-0.4, -0.2) is 55.0 Å². The zero-order valence-electron chi connectivity index (χ0n) is 13.7. The van der Waals surface area contributed by atoms with E-state index in [1.165, 1.54) is 12.1 Å². The molecule has 7 nitrogen and oxygen atoms in total. The molecule has 0 aromatic heterocycles. The van der Waals surface area contributed by atoms with Gasteiger partial charge in [0.25, 0.3) is 5.69 Å². The molecule has 0 saturated carbocycles. The Balaban J connectivity index is 0.00000288. The number of nitro groups is 1. The van der Waals surface area contributed by atoms with Crippen LogP contribution in [0.3, 0.4) is 0 Å². The van der Waals surface area contributed by atoms with Gasteiger partial charge in [0.2, 0.25) is 5.91 Å². The fourth-order valence-corrected chi connectivity index (χ4v) is 2.64. The van der Waals surface area contributed by atoms with Gasteiger partial charge in [0.1, 0.15) is 0 Å². The summed E-state index contributed by atoms with van der Waals surface area (Å²) in [6, 6.07) is 6.45. The maximum absolute atomic E-state index is 11.8. The third kappa shape index (κ3) is 7.25. The molecule has 24 heavy (non-hydrogen) atoms. The maximum Gasteiger partial charge on any atom is 0.269 e. The predicted octanol–water partition coefficient (Wildman–Crippen LogP) is 1.36. The fourth-order valence-electron chi connectivity index (χ4n) is 2.64. The number of rotatable bonds is 8. The zero-order valence-corrected chi connectivity index (χ0v) is 14.5. The Bertz CT molecular complexity index is 536. The molecule has 1 aromatic carbocycles. The van der Waals surface area contributed by atoms with Crippen molar-refractivity contribution in [2.75, 3.05) is 39.3 Å². The number of aryl methyl sites for hydroxylation is 1. The number of piperazine rings is 1. The Kier molecular flexibility index (Phi) is 9.29. The van der Waals surface area contributed by atoms with E-state index >= 15 is 0 Å². The Morgan fingerprint density at radius 3 is 2.79 bits per heavy atom. The third-order valence-electron chi connectivity index (χ3n) is 3.95.